The highest BCUT2D eigenvalue weighted by atomic mass is 19.3. The number of piperidine rings is 2. The molecule has 0 spiro atoms. The van der Waals surface area contributed by atoms with E-state index in [2.05, 4.69) is 21.7 Å². The van der Waals surface area contributed by atoms with Crippen molar-refractivity contribution in [2.75, 3.05) is 29.4 Å². The topological polar surface area (TPSA) is 69.6 Å². The Morgan fingerprint density at radius 1 is 1.25 bits per heavy atom. The third kappa shape index (κ3) is 2.83. The third-order valence-corrected chi connectivity index (χ3v) is 7.15. The van der Waals surface area contributed by atoms with E-state index in [4.69, 9.17) is 10.1 Å². The summed E-state index contributed by atoms with van der Waals surface area (Å²) in [6.07, 6.45) is 3.51. The van der Waals surface area contributed by atoms with E-state index in [0.717, 1.165) is 25.8 Å². The molecule has 4 atom stereocenters. The van der Waals surface area contributed by atoms with Gasteiger partial charge in [-0.2, -0.15) is 13.8 Å². The number of alkyl halides is 2. The van der Waals surface area contributed by atoms with Gasteiger partial charge < -0.3 is 14.9 Å². The molecule has 28 heavy (non-hydrogen) atoms. The lowest BCUT2D eigenvalue weighted by molar-refractivity contribution is -0.137. The largest absolute Gasteiger partial charge is 0.481 e. The predicted molar refractivity (Wildman–Crippen MR) is 99.8 cm³/mol. The molecule has 4 aliphatic rings. The number of hydrogen-bond donors (Lipinski definition) is 1. The van der Waals surface area contributed by atoms with E-state index in [1.54, 1.807) is 0 Å². The first kappa shape index (κ1) is 18.1. The van der Waals surface area contributed by atoms with Gasteiger partial charge in [-0.15, -0.1) is 0 Å². The Labute approximate surface area is 162 Å². The highest BCUT2D eigenvalue weighted by molar-refractivity contribution is 5.68. The number of fused-ring (bicyclic) bond motifs is 2. The zero-order chi connectivity index (χ0) is 19.6. The first-order valence-electron chi connectivity index (χ1n) is 10.4. The number of hydrogen-bond acceptors (Lipinski definition) is 5. The van der Waals surface area contributed by atoms with Crippen LogP contribution in [0.3, 0.4) is 0 Å². The van der Waals surface area contributed by atoms with Crippen LogP contribution >= 0.6 is 0 Å². The van der Waals surface area contributed by atoms with Crippen LogP contribution in [0.4, 0.5) is 20.5 Å². The molecular weight excluding hydrogens is 366 g/mol. The fourth-order valence-corrected chi connectivity index (χ4v) is 5.51. The summed E-state index contributed by atoms with van der Waals surface area (Å²) < 4.78 is 29.1. The summed E-state index contributed by atoms with van der Waals surface area (Å²) >= 11 is 0. The van der Waals surface area contributed by atoms with Gasteiger partial charge in [-0.05, 0) is 50.4 Å². The standard InChI is InChI=1S/C20H26F2N4O2/c1-11-4-2-3-7-26(11)19-23-17-12(5-6-20(17,21)22)18(24-19)25-9-14-13(8-16(27)28)15(14)10-25/h11,13-15H,2-10H2,1H3,(H,27,28)/t11?,13-,14-,15+. The Hall–Kier alpha value is -1.99. The van der Waals surface area contributed by atoms with E-state index >= 15 is 0 Å². The molecule has 1 saturated carbocycles. The van der Waals surface area contributed by atoms with Gasteiger partial charge in [0, 0.05) is 44.1 Å². The number of carboxylic acids is 1. The quantitative estimate of drug-likeness (QED) is 0.849. The molecule has 1 aromatic rings. The lowest BCUT2D eigenvalue weighted by Gasteiger charge is -2.34. The van der Waals surface area contributed by atoms with Crippen molar-refractivity contribution in [1.29, 1.82) is 0 Å². The SMILES string of the molecule is CC1CCCCN1c1nc(N2C[C@@H]3[C@@H](CC(=O)O)[C@@H]3C2)c2c(n1)C(F)(F)CC2. The van der Waals surface area contributed by atoms with Gasteiger partial charge in [-0.25, -0.2) is 4.98 Å². The summed E-state index contributed by atoms with van der Waals surface area (Å²) in [4.78, 5) is 24.3. The summed E-state index contributed by atoms with van der Waals surface area (Å²) in [7, 11) is 0. The van der Waals surface area contributed by atoms with Crippen LogP contribution in [-0.4, -0.2) is 46.7 Å². The number of aliphatic carboxylic acids is 1. The summed E-state index contributed by atoms with van der Waals surface area (Å²) in [6, 6.07) is 0.251. The van der Waals surface area contributed by atoms with Crippen molar-refractivity contribution >= 4 is 17.7 Å². The van der Waals surface area contributed by atoms with Crippen molar-refractivity contribution in [3.8, 4) is 0 Å². The van der Waals surface area contributed by atoms with Crippen molar-refractivity contribution in [1.82, 2.24) is 9.97 Å². The van der Waals surface area contributed by atoms with Gasteiger partial charge >= 0.3 is 5.97 Å². The van der Waals surface area contributed by atoms with Crippen LogP contribution in [0.25, 0.3) is 0 Å². The number of anilines is 2. The Balaban J connectivity index is 1.46. The molecule has 1 aromatic heterocycles. The second kappa shape index (κ2) is 6.26. The number of rotatable bonds is 4. The minimum Gasteiger partial charge on any atom is -0.481 e. The molecule has 0 aromatic carbocycles. The van der Waals surface area contributed by atoms with Crippen molar-refractivity contribution in [3.05, 3.63) is 11.3 Å². The van der Waals surface area contributed by atoms with Gasteiger partial charge in [0.2, 0.25) is 5.95 Å². The Kier molecular flexibility index (Phi) is 4.04. The summed E-state index contributed by atoms with van der Waals surface area (Å²) in [5.41, 5.74) is 0.502. The molecule has 3 fully saturated rings. The van der Waals surface area contributed by atoms with E-state index in [0.29, 0.717) is 48.7 Å². The second-order valence-electron chi connectivity index (χ2n) is 8.91. The lowest BCUT2D eigenvalue weighted by Crippen LogP contribution is -2.39. The summed E-state index contributed by atoms with van der Waals surface area (Å²) in [5.74, 6) is -1.63. The number of nitrogens with zero attached hydrogens (tertiary/aromatic N) is 4. The first-order valence-corrected chi connectivity index (χ1v) is 10.4. The molecule has 3 heterocycles. The van der Waals surface area contributed by atoms with Crippen molar-refractivity contribution in [2.45, 2.75) is 57.4 Å². The van der Waals surface area contributed by atoms with Crippen LogP contribution < -0.4 is 9.80 Å². The molecule has 0 radical (unpaired) electrons. The first-order chi connectivity index (χ1) is 13.3. The minimum atomic E-state index is -2.89. The van der Waals surface area contributed by atoms with Gasteiger partial charge in [-0.1, -0.05) is 0 Å². The minimum absolute atomic E-state index is 0.0899. The van der Waals surface area contributed by atoms with Gasteiger partial charge in [0.15, 0.2) is 0 Å². The molecular formula is C20H26F2N4O2. The molecule has 6 nitrogen and oxygen atoms in total. The number of carbonyl (C=O) groups is 1. The fraction of sp³-hybridized carbons (Fsp3) is 0.750. The Morgan fingerprint density at radius 2 is 2.00 bits per heavy atom. The Morgan fingerprint density at radius 3 is 2.68 bits per heavy atom. The van der Waals surface area contributed by atoms with E-state index in [-0.39, 0.29) is 30.5 Å². The average molecular weight is 392 g/mol. The number of aromatic nitrogens is 2. The highest BCUT2D eigenvalue weighted by Gasteiger charge is 2.57. The molecule has 0 amide bonds. The van der Waals surface area contributed by atoms with E-state index in [9.17, 15) is 13.6 Å². The zero-order valence-electron chi connectivity index (χ0n) is 16.1. The Bertz CT molecular complexity index is 806. The highest BCUT2D eigenvalue weighted by Crippen LogP contribution is 2.55. The molecule has 8 heteroatoms. The smallest absolute Gasteiger partial charge is 0.303 e. The van der Waals surface area contributed by atoms with Gasteiger partial charge in [-0.3, -0.25) is 4.79 Å². The maximum atomic E-state index is 14.5. The maximum absolute atomic E-state index is 14.5. The summed E-state index contributed by atoms with van der Waals surface area (Å²) in [6.45, 7) is 4.34. The van der Waals surface area contributed by atoms with E-state index < -0.39 is 11.9 Å². The molecule has 2 aliphatic carbocycles. The van der Waals surface area contributed by atoms with Crippen LogP contribution in [0.1, 0.15) is 50.3 Å². The van der Waals surface area contributed by atoms with Crippen LogP contribution in [0.5, 0.6) is 0 Å². The van der Waals surface area contributed by atoms with Crippen molar-refractivity contribution < 1.29 is 18.7 Å². The number of halogens is 2. The molecule has 0 bridgehead atoms. The predicted octanol–water partition coefficient (Wildman–Crippen LogP) is 3.05. The average Bonchev–Trinajstić information content (AvgIpc) is 2.99. The molecule has 2 saturated heterocycles. The van der Waals surface area contributed by atoms with Crippen LogP contribution in [0.15, 0.2) is 0 Å². The van der Waals surface area contributed by atoms with Gasteiger partial charge in [0.1, 0.15) is 11.5 Å². The molecule has 1 unspecified atom stereocenters. The van der Waals surface area contributed by atoms with Gasteiger partial charge in [0.25, 0.3) is 5.92 Å². The summed E-state index contributed by atoms with van der Waals surface area (Å²) in [5, 5.41) is 9.03. The normalized spacial score (nSPS) is 33.0. The molecule has 2 aliphatic heterocycles. The number of carboxylic acid groups (broad SMARTS) is 1. The van der Waals surface area contributed by atoms with Crippen molar-refractivity contribution in [3.63, 3.8) is 0 Å². The monoisotopic (exact) mass is 392 g/mol. The van der Waals surface area contributed by atoms with Crippen LogP contribution in [0, 0.1) is 17.8 Å². The maximum Gasteiger partial charge on any atom is 0.303 e. The van der Waals surface area contributed by atoms with Crippen LogP contribution in [-0.2, 0) is 17.1 Å². The van der Waals surface area contributed by atoms with Crippen LogP contribution in [0.2, 0.25) is 0 Å². The molecule has 152 valence electrons. The van der Waals surface area contributed by atoms with E-state index in [1.165, 1.54) is 0 Å². The zero-order valence-corrected chi connectivity index (χ0v) is 16.1. The fourth-order valence-electron chi connectivity index (χ4n) is 5.51. The molecule has 5 rings (SSSR count). The second-order valence-corrected chi connectivity index (χ2v) is 8.91. The van der Waals surface area contributed by atoms with Crippen molar-refractivity contribution in [2.24, 2.45) is 17.8 Å². The molecule has 1 N–H and O–H groups in total. The third-order valence-electron chi connectivity index (χ3n) is 7.15. The van der Waals surface area contributed by atoms with E-state index in [1.807, 2.05) is 0 Å². The van der Waals surface area contributed by atoms with Gasteiger partial charge in [0.05, 0.1) is 0 Å². The lowest BCUT2D eigenvalue weighted by atomic mass is 10.0.